The van der Waals surface area contributed by atoms with Crippen LogP contribution >= 0.6 is 0 Å². The second-order valence-corrected chi connectivity index (χ2v) is 7.71. The maximum atomic E-state index is 13.4. The molecule has 0 unspecified atom stereocenters. The van der Waals surface area contributed by atoms with E-state index < -0.39 is 0 Å². The monoisotopic (exact) mass is 417 g/mol. The van der Waals surface area contributed by atoms with Crippen LogP contribution < -0.4 is 20.5 Å². The number of methoxy groups -OCH3 is 2. The van der Waals surface area contributed by atoms with Crippen molar-refractivity contribution in [3.63, 3.8) is 0 Å². The van der Waals surface area contributed by atoms with Crippen LogP contribution in [0.3, 0.4) is 0 Å². The highest BCUT2D eigenvalue weighted by atomic mass is 16.5. The smallest absolute Gasteiger partial charge is 0.241 e. The minimum Gasteiger partial charge on any atom is -0.493 e. The number of nitrogens with two attached hydrogens (primary N) is 1. The Morgan fingerprint density at radius 3 is 2.55 bits per heavy atom. The highest BCUT2D eigenvalue weighted by Gasteiger charge is 2.39. The van der Waals surface area contributed by atoms with Crippen molar-refractivity contribution in [3.8, 4) is 11.5 Å². The van der Waals surface area contributed by atoms with Gasteiger partial charge in [0.15, 0.2) is 17.3 Å². The number of nitrogen functional groups attached to an aromatic ring is 1. The first-order chi connectivity index (χ1) is 15.1. The zero-order valence-electron chi connectivity index (χ0n) is 17.3. The Bertz CT molecular complexity index is 1190. The number of Topliss-reactive ketones (excluding diaryl/α,β-unsaturated/α-hetero) is 1. The zero-order chi connectivity index (χ0) is 21.5. The van der Waals surface area contributed by atoms with Crippen molar-refractivity contribution >= 4 is 17.7 Å². The summed E-state index contributed by atoms with van der Waals surface area (Å²) in [5, 5.41) is 7.67. The average Bonchev–Trinajstić information content (AvgIpc) is 3.17. The number of anilines is 2. The van der Waals surface area contributed by atoms with Gasteiger partial charge in [-0.15, -0.1) is 5.10 Å². The number of benzene rings is 2. The lowest BCUT2D eigenvalue weighted by Crippen LogP contribution is -2.33. The van der Waals surface area contributed by atoms with Gasteiger partial charge in [0.05, 0.1) is 14.2 Å². The molecule has 8 heteroatoms. The third-order valence-corrected chi connectivity index (χ3v) is 5.93. The van der Waals surface area contributed by atoms with E-state index in [1.54, 1.807) is 18.9 Å². The summed E-state index contributed by atoms with van der Waals surface area (Å²) in [5.41, 5.74) is 9.48. The first kappa shape index (κ1) is 19.2. The highest BCUT2D eigenvalue weighted by Crippen LogP contribution is 2.45. The quantitative estimate of drug-likeness (QED) is 0.671. The molecule has 0 saturated carbocycles. The predicted octanol–water partition coefficient (Wildman–Crippen LogP) is 3.29. The molecule has 31 heavy (non-hydrogen) atoms. The third kappa shape index (κ3) is 3.20. The largest absolute Gasteiger partial charge is 0.493 e. The summed E-state index contributed by atoms with van der Waals surface area (Å²) in [6.45, 7) is 0. The van der Waals surface area contributed by atoms with Gasteiger partial charge in [-0.05, 0) is 35.6 Å². The van der Waals surface area contributed by atoms with Gasteiger partial charge in [0.25, 0.3) is 0 Å². The molecule has 0 radical (unpaired) electrons. The lowest BCUT2D eigenvalue weighted by atomic mass is 9.78. The predicted molar refractivity (Wildman–Crippen MR) is 116 cm³/mol. The van der Waals surface area contributed by atoms with Gasteiger partial charge in [0.1, 0.15) is 6.04 Å². The molecule has 0 bridgehead atoms. The number of hydrogen-bond donors (Lipinski definition) is 2. The zero-order valence-corrected chi connectivity index (χ0v) is 17.3. The second-order valence-electron chi connectivity index (χ2n) is 7.71. The van der Waals surface area contributed by atoms with Gasteiger partial charge < -0.3 is 20.5 Å². The normalized spacial score (nSPS) is 20.0. The SMILES string of the molecule is COc1ccc([C@@H]2CC(=O)C3=C(C2)Nc2nc(N)nn2[C@@H]3c2ccccc2)cc1OC. The van der Waals surface area contributed by atoms with Crippen molar-refractivity contribution in [2.45, 2.75) is 24.8 Å². The van der Waals surface area contributed by atoms with E-state index >= 15 is 0 Å². The molecule has 2 aromatic carbocycles. The van der Waals surface area contributed by atoms with E-state index in [1.807, 2.05) is 48.5 Å². The van der Waals surface area contributed by atoms with Crippen molar-refractivity contribution in [1.82, 2.24) is 14.8 Å². The topological polar surface area (TPSA) is 104 Å². The van der Waals surface area contributed by atoms with E-state index in [4.69, 9.17) is 15.2 Å². The van der Waals surface area contributed by atoms with Crippen molar-refractivity contribution in [2.75, 3.05) is 25.3 Å². The molecule has 0 fully saturated rings. The number of hydrogen-bond acceptors (Lipinski definition) is 7. The molecule has 0 amide bonds. The number of carbonyl (C=O) groups is 1. The number of nitrogens with zero attached hydrogens (tertiary/aromatic N) is 3. The summed E-state index contributed by atoms with van der Waals surface area (Å²) in [5.74, 6) is 2.14. The number of carbonyl (C=O) groups excluding carboxylic acids is 1. The van der Waals surface area contributed by atoms with Gasteiger partial charge in [-0.25, -0.2) is 4.68 Å². The lowest BCUT2D eigenvalue weighted by molar-refractivity contribution is -0.116. The molecule has 0 spiro atoms. The Morgan fingerprint density at radius 2 is 1.81 bits per heavy atom. The summed E-state index contributed by atoms with van der Waals surface area (Å²) < 4.78 is 12.5. The fourth-order valence-electron chi connectivity index (χ4n) is 4.51. The number of ketones is 1. The van der Waals surface area contributed by atoms with E-state index in [1.165, 1.54) is 0 Å². The molecule has 3 N–H and O–H groups in total. The van der Waals surface area contributed by atoms with Crippen molar-refractivity contribution in [1.29, 1.82) is 0 Å². The third-order valence-electron chi connectivity index (χ3n) is 5.93. The van der Waals surface area contributed by atoms with Crippen LogP contribution in [0.5, 0.6) is 11.5 Å². The van der Waals surface area contributed by atoms with Crippen LogP contribution in [-0.4, -0.2) is 34.8 Å². The summed E-state index contributed by atoms with van der Waals surface area (Å²) >= 11 is 0. The van der Waals surface area contributed by atoms with Crippen molar-refractivity contribution in [3.05, 3.63) is 70.9 Å². The Hall–Kier alpha value is -3.81. The number of rotatable bonds is 4. The van der Waals surface area contributed by atoms with Gasteiger partial charge in [0.2, 0.25) is 11.9 Å². The number of allylic oxidation sites excluding steroid dienone is 2. The fourth-order valence-corrected chi connectivity index (χ4v) is 4.51. The summed E-state index contributed by atoms with van der Waals surface area (Å²) in [6, 6.07) is 15.3. The van der Waals surface area contributed by atoms with Gasteiger partial charge in [0, 0.05) is 17.7 Å². The molecular formula is C23H23N5O3. The van der Waals surface area contributed by atoms with E-state index in [-0.39, 0.29) is 23.7 Å². The van der Waals surface area contributed by atoms with Crippen molar-refractivity contribution in [2.24, 2.45) is 0 Å². The number of fused-ring (bicyclic) bond motifs is 1. The van der Waals surface area contributed by atoms with E-state index in [0.717, 1.165) is 22.4 Å². The van der Waals surface area contributed by atoms with Crippen LogP contribution in [0.15, 0.2) is 59.8 Å². The number of ether oxygens (including phenoxy) is 2. The Balaban J connectivity index is 1.57. The molecule has 2 atom stereocenters. The van der Waals surface area contributed by atoms with Crippen molar-refractivity contribution < 1.29 is 14.3 Å². The van der Waals surface area contributed by atoms with E-state index in [0.29, 0.717) is 30.3 Å². The minimum absolute atomic E-state index is 0.0156. The van der Waals surface area contributed by atoms with E-state index in [2.05, 4.69) is 15.4 Å². The van der Waals surface area contributed by atoms with Crippen LogP contribution in [-0.2, 0) is 4.79 Å². The maximum Gasteiger partial charge on any atom is 0.241 e. The summed E-state index contributed by atoms with van der Waals surface area (Å²) in [6.07, 6.45) is 1.07. The van der Waals surface area contributed by atoms with Crippen LogP contribution in [0, 0.1) is 0 Å². The van der Waals surface area contributed by atoms with E-state index in [9.17, 15) is 4.79 Å². The first-order valence-corrected chi connectivity index (χ1v) is 10.1. The molecule has 2 aliphatic rings. The summed E-state index contributed by atoms with van der Waals surface area (Å²) in [4.78, 5) is 17.8. The number of aromatic nitrogens is 3. The molecule has 2 heterocycles. The maximum absolute atomic E-state index is 13.4. The Labute approximate surface area is 179 Å². The fraction of sp³-hybridized carbons (Fsp3) is 0.261. The molecule has 1 aromatic heterocycles. The molecule has 158 valence electrons. The van der Waals surface area contributed by atoms with Crippen LogP contribution in [0.4, 0.5) is 11.9 Å². The molecular weight excluding hydrogens is 394 g/mol. The first-order valence-electron chi connectivity index (χ1n) is 10.1. The highest BCUT2D eigenvalue weighted by molar-refractivity contribution is 6.00. The van der Waals surface area contributed by atoms with Crippen LogP contribution in [0.2, 0.25) is 0 Å². The Morgan fingerprint density at radius 1 is 1.03 bits per heavy atom. The molecule has 1 aliphatic heterocycles. The van der Waals surface area contributed by atoms with Gasteiger partial charge >= 0.3 is 0 Å². The molecule has 8 nitrogen and oxygen atoms in total. The molecule has 5 rings (SSSR count). The molecule has 1 aliphatic carbocycles. The standard InChI is InChI=1S/C23H23N5O3/c1-30-18-9-8-14(12-19(18)31-2)15-10-16-20(17(29)11-15)21(13-6-4-3-5-7-13)28-23(25-16)26-22(24)27-28/h3-9,12,15,21H,10-11H2,1-2H3,(H3,24,25,26,27)/t15-,21+/m0/s1. The molecule has 0 saturated heterocycles. The minimum atomic E-state index is -0.351. The van der Waals surface area contributed by atoms with Gasteiger partial charge in [-0.3, -0.25) is 4.79 Å². The van der Waals surface area contributed by atoms with Gasteiger partial charge in [-0.1, -0.05) is 36.4 Å². The van der Waals surface area contributed by atoms with Gasteiger partial charge in [-0.2, -0.15) is 4.98 Å². The van der Waals surface area contributed by atoms with Crippen LogP contribution in [0.25, 0.3) is 0 Å². The van der Waals surface area contributed by atoms with Crippen LogP contribution in [0.1, 0.15) is 35.9 Å². The Kier molecular flexibility index (Phi) is 4.62. The number of nitrogens with one attached hydrogen (secondary N) is 1. The molecule has 3 aromatic rings. The lowest BCUT2D eigenvalue weighted by Gasteiger charge is -2.35. The second kappa shape index (κ2) is 7.46. The summed E-state index contributed by atoms with van der Waals surface area (Å²) in [7, 11) is 3.22. The average molecular weight is 417 g/mol.